The summed E-state index contributed by atoms with van der Waals surface area (Å²) in [4.78, 5) is 38.5. The Morgan fingerprint density at radius 3 is 2.28 bits per heavy atom. The lowest BCUT2D eigenvalue weighted by atomic mass is 10.2. The lowest BCUT2D eigenvalue weighted by molar-refractivity contribution is 0.402. The maximum absolute atomic E-state index is 13.2. The van der Waals surface area contributed by atoms with E-state index >= 15 is 0 Å². The summed E-state index contributed by atoms with van der Waals surface area (Å²) in [6.07, 6.45) is 0. The molecule has 0 radical (unpaired) electrons. The highest BCUT2D eigenvalue weighted by atomic mass is 35.5. The molecule has 1 unspecified atom stereocenters. The number of methoxy groups -OCH3 is 1. The van der Waals surface area contributed by atoms with Gasteiger partial charge in [0.1, 0.15) is 0 Å². The van der Waals surface area contributed by atoms with Gasteiger partial charge in [-0.1, -0.05) is 29.3 Å². The number of hydrogen-bond donors (Lipinski definition) is 1. The van der Waals surface area contributed by atoms with Gasteiger partial charge in [-0.25, -0.2) is 23.5 Å². The number of benzene rings is 2. The molecule has 152 valence electrons. The first-order valence-corrected chi connectivity index (χ1v) is 10.0. The maximum atomic E-state index is 13.2. The maximum Gasteiger partial charge on any atom is 0.340 e. The summed E-state index contributed by atoms with van der Waals surface area (Å²) < 4.78 is 19.9. The highest BCUT2D eigenvalue weighted by Crippen LogP contribution is 2.38. The molecular formula is C18H15Cl2N3O5S. The zero-order valence-electron chi connectivity index (χ0n) is 15.5. The molecule has 29 heavy (non-hydrogen) atoms. The van der Waals surface area contributed by atoms with Crippen LogP contribution in [-0.2, 0) is 18.2 Å². The number of H-pyrrole nitrogens is 1. The van der Waals surface area contributed by atoms with Crippen molar-refractivity contribution in [3.63, 3.8) is 0 Å². The molecule has 0 saturated heterocycles. The van der Waals surface area contributed by atoms with E-state index in [4.69, 9.17) is 27.9 Å². The second kappa shape index (κ2) is 8.11. The number of halogens is 2. The fourth-order valence-corrected chi connectivity index (χ4v) is 4.89. The number of rotatable bonds is 4. The lowest BCUT2D eigenvalue weighted by Crippen LogP contribution is -2.47. The molecule has 8 nitrogen and oxygen atoms in total. The number of nitrogens with one attached hydrogen (secondary N) is 1. The average Bonchev–Trinajstić information content (AvgIpc) is 2.65. The Morgan fingerprint density at radius 2 is 1.69 bits per heavy atom. The van der Waals surface area contributed by atoms with E-state index in [1.807, 2.05) is 18.0 Å². The van der Waals surface area contributed by atoms with Crippen molar-refractivity contribution >= 4 is 34.4 Å². The van der Waals surface area contributed by atoms with Gasteiger partial charge in [0.25, 0.3) is 0 Å². The molecule has 3 aromatic rings. The molecule has 0 aliphatic carbocycles. The van der Waals surface area contributed by atoms with Crippen molar-refractivity contribution in [1.82, 2.24) is 14.1 Å². The average molecular weight is 456 g/mol. The van der Waals surface area contributed by atoms with Crippen LogP contribution in [0.25, 0.3) is 5.69 Å². The molecule has 3 rings (SSSR count). The molecular weight excluding hydrogens is 441 g/mol. The van der Waals surface area contributed by atoms with Crippen LogP contribution in [0, 0.1) is 6.92 Å². The van der Waals surface area contributed by atoms with Crippen LogP contribution in [0.5, 0.6) is 5.75 Å². The van der Waals surface area contributed by atoms with Crippen molar-refractivity contribution in [1.29, 1.82) is 0 Å². The molecule has 0 saturated carbocycles. The zero-order valence-corrected chi connectivity index (χ0v) is 17.8. The van der Waals surface area contributed by atoms with E-state index in [-0.39, 0.29) is 20.6 Å². The fourth-order valence-electron chi connectivity index (χ4n) is 2.67. The highest BCUT2D eigenvalue weighted by Gasteiger charge is 2.27. The van der Waals surface area contributed by atoms with E-state index < -0.39 is 28.2 Å². The Bertz CT molecular complexity index is 1260. The Morgan fingerprint density at radius 1 is 1.07 bits per heavy atom. The molecule has 1 heterocycles. The van der Waals surface area contributed by atoms with E-state index in [9.17, 15) is 18.9 Å². The number of aromatic nitrogens is 3. The Balaban J connectivity index is 2.19. The Labute approximate surface area is 177 Å². The van der Waals surface area contributed by atoms with Crippen molar-refractivity contribution in [2.24, 2.45) is 7.05 Å². The zero-order chi connectivity index (χ0) is 21.5. The fraction of sp³-hybridized carbons (Fsp3) is 0.167. The molecule has 0 amide bonds. The van der Waals surface area contributed by atoms with Crippen LogP contribution in [0.4, 0.5) is 0 Å². The Kier molecular flexibility index (Phi) is 5.95. The molecule has 0 aliphatic rings. The normalized spacial score (nSPS) is 12.1. The van der Waals surface area contributed by atoms with Gasteiger partial charge in [-0.15, -0.1) is 0 Å². The smallest absolute Gasteiger partial charge is 0.340 e. The van der Waals surface area contributed by atoms with Crippen molar-refractivity contribution in [3.05, 3.63) is 77.4 Å². The third kappa shape index (κ3) is 3.86. The molecule has 1 atom stereocenters. The van der Waals surface area contributed by atoms with Gasteiger partial charge in [-0.2, -0.15) is 0 Å². The molecule has 0 spiro atoms. The quantitative estimate of drug-likeness (QED) is 0.605. The summed E-state index contributed by atoms with van der Waals surface area (Å²) in [6.45, 7) is 1.84. The molecule has 0 fully saturated rings. The van der Waals surface area contributed by atoms with Gasteiger partial charge in [-0.05, 0) is 30.7 Å². The summed E-state index contributed by atoms with van der Waals surface area (Å²) >= 11 is 10.9. The van der Waals surface area contributed by atoms with Crippen LogP contribution < -0.4 is 21.8 Å². The predicted molar refractivity (Wildman–Crippen MR) is 110 cm³/mol. The molecule has 2 aromatic carbocycles. The third-order valence-electron chi connectivity index (χ3n) is 4.15. The minimum Gasteiger partial charge on any atom is -0.606 e. The van der Waals surface area contributed by atoms with Gasteiger partial charge < -0.3 is 9.29 Å². The van der Waals surface area contributed by atoms with Crippen LogP contribution in [0.3, 0.4) is 0 Å². The van der Waals surface area contributed by atoms with Crippen LogP contribution in [0.2, 0.25) is 10.0 Å². The summed E-state index contributed by atoms with van der Waals surface area (Å²) in [5.41, 5.74) is -1.78. The number of aromatic amines is 1. The topological polar surface area (TPSA) is 109 Å². The summed E-state index contributed by atoms with van der Waals surface area (Å²) in [5, 5.41) is -0.0379. The number of aryl methyl sites for hydroxylation is 1. The van der Waals surface area contributed by atoms with E-state index in [1.165, 1.54) is 26.3 Å². The van der Waals surface area contributed by atoms with Gasteiger partial charge in [0.05, 0.1) is 22.8 Å². The van der Waals surface area contributed by atoms with Gasteiger partial charge >= 0.3 is 17.1 Å². The largest absolute Gasteiger partial charge is 0.606 e. The molecule has 1 N–H and O–H groups in total. The van der Waals surface area contributed by atoms with E-state index in [0.717, 1.165) is 10.1 Å². The van der Waals surface area contributed by atoms with Gasteiger partial charge in [0.15, 0.2) is 10.6 Å². The third-order valence-corrected chi connectivity index (χ3v) is 6.49. The van der Waals surface area contributed by atoms with Crippen LogP contribution in [0.1, 0.15) is 5.56 Å². The van der Waals surface area contributed by atoms with E-state index in [0.29, 0.717) is 15.2 Å². The van der Waals surface area contributed by atoms with E-state index in [2.05, 4.69) is 0 Å². The van der Waals surface area contributed by atoms with Crippen LogP contribution in [0.15, 0.2) is 54.5 Å². The number of hydrogen-bond acceptors (Lipinski definition) is 5. The summed E-state index contributed by atoms with van der Waals surface area (Å²) in [5.74, 6) is 0.399. The molecule has 0 aliphatic heterocycles. The van der Waals surface area contributed by atoms with Gasteiger partial charge in [0.2, 0.25) is 4.90 Å². The van der Waals surface area contributed by atoms with E-state index in [1.54, 1.807) is 12.1 Å². The molecule has 1 aromatic heterocycles. The highest BCUT2D eigenvalue weighted by molar-refractivity contribution is 7.91. The first kappa shape index (κ1) is 21.3. The number of ether oxygens (including phenoxy) is 1. The second-order valence-corrected chi connectivity index (χ2v) is 8.27. The predicted octanol–water partition coefficient (Wildman–Crippen LogP) is 2.02. The van der Waals surface area contributed by atoms with Gasteiger partial charge in [0, 0.05) is 24.3 Å². The Hall–Kier alpha value is -2.46. The van der Waals surface area contributed by atoms with Crippen molar-refractivity contribution in [3.8, 4) is 11.4 Å². The van der Waals surface area contributed by atoms with Crippen LogP contribution in [-0.4, -0.2) is 25.8 Å². The van der Waals surface area contributed by atoms with Crippen molar-refractivity contribution < 1.29 is 9.29 Å². The number of nitrogens with zero attached hydrogens (tertiary/aromatic N) is 2. The SMILES string of the molecule is COc1ccc(C)cc1[S+]([O-])c1c(Cl)cc(-n2c(=O)[nH]c(=O)n(C)c2=O)cc1Cl. The first-order chi connectivity index (χ1) is 13.6. The second-order valence-electron chi connectivity index (χ2n) is 6.07. The minimum atomic E-state index is -1.79. The van der Waals surface area contributed by atoms with Gasteiger partial charge in [-0.3, -0.25) is 4.98 Å². The van der Waals surface area contributed by atoms with Crippen LogP contribution >= 0.6 is 23.2 Å². The summed E-state index contributed by atoms with van der Waals surface area (Å²) in [7, 11) is 2.67. The molecule has 11 heteroatoms. The standard InChI is InChI=1S/C18H15Cl2N3O5S/c1-9-4-5-13(28-3)14(6-9)29(27)15-11(19)7-10(8-12(15)20)23-17(25)21-16(24)22(2)18(23)26/h4-8H,1-3H3,(H,21,24,25). The van der Waals surface area contributed by atoms with Crippen molar-refractivity contribution in [2.45, 2.75) is 16.7 Å². The summed E-state index contributed by atoms with van der Waals surface area (Å²) in [6, 6.07) is 7.75. The lowest BCUT2D eigenvalue weighted by Gasteiger charge is -2.16. The van der Waals surface area contributed by atoms with Crippen molar-refractivity contribution in [2.75, 3.05) is 7.11 Å². The monoisotopic (exact) mass is 455 g/mol. The molecule has 0 bridgehead atoms. The first-order valence-electron chi connectivity index (χ1n) is 8.14. The minimum absolute atomic E-state index is 0.0189.